The van der Waals surface area contributed by atoms with E-state index in [1.54, 1.807) is 6.20 Å². The molecule has 0 amide bonds. The van der Waals surface area contributed by atoms with Gasteiger partial charge in [0.25, 0.3) is 0 Å². The molecule has 0 spiro atoms. The van der Waals surface area contributed by atoms with Crippen molar-refractivity contribution in [2.75, 3.05) is 16.8 Å². The Morgan fingerprint density at radius 3 is 3.06 bits per heavy atom. The molecule has 5 heteroatoms. The van der Waals surface area contributed by atoms with Gasteiger partial charge in [-0.25, -0.2) is 4.68 Å². The second-order valence-electron chi connectivity index (χ2n) is 4.29. The number of nitrogens with zero attached hydrogens (tertiary/aromatic N) is 2. The lowest BCUT2D eigenvalue weighted by atomic mass is 10.2. The van der Waals surface area contributed by atoms with Crippen molar-refractivity contribution in [1.82, 2.24) is 9.78 Å². The van der Waals surface area contributed by atoms with E-state index in [1.165, 1.54) is 12.2 Å². The molecule has 1 N–H and O–H groups in total. The van der Waals surface area contributed by atoms with Gasteiger partial charge in [0, 0.05) is 24.2 Å². The van der Waals surface area contributed by atoms with Crippen LogP contribution in [0.5, 0.6) is 0 Å². The smallest absolute Gasteiger partial charge is 0.106 e. The van der Waals surface area contributed by atoms with Gasteiger partial charge >= 0.3 is 0 Å². The molecule has 0 saturated carbocycles. The molecule has 1 saturated heterocycles. The van der Waals surface area contributed by atoms with Crippen LogP contribution in [0.1, 0.15) is 6.42 Å². The maximum absolute atomic E-state index is 6.30. The third kappa shape index (κ3) is 2.35. The number of rotatable bonds is 3. The fourth-order valence-corrected chi connectivity index (χ4v) is 3.55. The van der Waals surface area contributed by atoms with Gasteiger partial charge in [-0.15, -0.1) is 0 Å². The molecule has 1 aliphatic heterocycles. The lowest BCUT2D eigenvalue weighted by molar-refractivity contribution is 0.805. The Kier molecular flexibility index (Phi) is 3.48. The topological polar surface area (TPSA) is 29.9 Å². The third-order valence-electron chi connectivity index (χ3n) is 3.01. The lowest BCUT2D eigenvalue weighted by Gasteiger charge is -2.17. The summed E-state index contributed by atoms with van der Waals surface area (Å²) in [5, 5.41) is 8.56. The van der Waals surface area contributed by atoms with Crippen LogP contribution in [0, 0.1) is 0 Å². The molecule has 1 aromatic heterocycles. The largest absolute Gasteiger partial charge is 0.380 e. The number of benzene rings is 1. The van der Waals surface area contributed by atoms with E-state index in [-0.39, 0.29) is 0 Å². The summed E-state index contributed by atoms with van der Waals surface area (Å²) in [4.78, 5) is 0. The zero-order chi connectivity index (χ0) is 12.4. The Hall–Kier alpha value is -1.13. The van der Waals surface area contributed by atoms with E-state index >= 15 is 0 Å². The molecule has 1 aliphatic rings. The van der Waals surface area contributed by atoms with Crippen LogP contribution in [0.25, 0.3) is 5.69 Å². The molecule has 94 valence electrons. The summed E-state index contributed by atoms with van der Waals surface area (Å²) in [6.45, 7) is 0. The molecule has 0 aliphatic carbocycles. The van der Waals surface area contributed by atoms with E-state index in [9.17, 15) is 0 Å². The van der Waals surface area contributed by atoms with Crippen molar-refractivity contribution in [2.24, 2.45) is 0 Å². The van der Waals surface area contributed by atoms with Crippen LogP contribution in [0.3, 0.4) is 0 Å². The first kappa shape index (κ1) is 11.9. The second-order valence-corrected chi connectivity index (χ2v) is 5.85. The van der Waals surface area contributed by atoms with Crippen LogP contribution < -0.4 is 5.32 Å². The van der Waals surface area contributed by atoms with Gasteiger partial charge in [-0.2, -0.15) is 16.9 Å². The summed E-state index contributed by atoms with van der Waals surface area (Å²) < 4.78 is 1.81. The Morgan fingerprint density at radius 2 is 2.33 bits per heavy atom. The van der Waals surface area contributed by atoms with Crippen molar-refractivity contribution in [3.8, 4) is 5.69 Å². The zero-order valence-electron chi connectivity index (χ0n) is 9.84. The van der Waals surface area contributed by atoms with E-state index < -0.39 is 0 Å². The van der Waals surface area contributed by atoms with E-state index in [2.05, 4.69) is 16.5 Å². The van der Waals surface area contributed by atoms with Crippen LogP contribution in [-0.4, -0.2) is 27.3 Å². The molecule has 0 bridgehead atoms. The van der Waals surface area contributed by atoms with Crippen molar-refractivity contribution < 1.29 is 0 Å². The van der Waals surface area contributed by atoms with Crippen molar-refractivity contribution in [1.29, 1.82) is 0 Å². The van der Waals surface area contributed by atoms with Crippen LogP contribution in [0.2, 0.25) is 5.02 Å². The number of aromatic nitrogens is 2. The summed E-state index contributed by atoms with van der Waals surface area (Å²) in [5.41, 5.74) is 1.99. The lowest BCUT2D eigenvalue weighted by Crippen LogP contribution is -2.19. The highest BCUT2D eigenvalue weighted by Crippen LogP contribution is 2.30. The van der Waals surface area contributed by atoms with E-state index in [1.807, 2.05) is 40.8 Å². The maximum atomic E-state index is 6.30. The molecule has 2 aromatic rings. The van der Waals surface area contributed by atoms with Crippen molar-refractivity contribution in [3.05, 3.63) is 41.7 Å². The molecule has 3 nitrogen and oxygen atoms in total. The molecule has 1 atom stereocenters. The number of hydrogen-bond donors (Lipinski definition) is 1. The number of halogens is 1. The van der Waals surface area contributed by atoms with E-state index in [0.29, 0.717) is 11.1 Å². The average Bonchev–Trinajstić information content (AvgIpc) is 3.01. The molecule has 1 aromatic carbocycles. The summed E-state index contributed by atoms with van der Waals surface area (Å²) in [6.07, 6.45) is 4.88. The van der Waals surface area contributed by atoms with Gasteiger partial charge in [0.05, 0.1) is 10.7 Å². The van der Waals surface area contributed by atoms with Crippen LogP contribution in [0.15, 0.2) is 36.7 Å². The number of anilines is 1. The first-order valence-electron chi connectivity index (χ1n) is 5.97. The monoisotopic (exact) mass is 279 g/mol. The average molecular weight is 280 g/mol. The van der Waals surface area contributed by atoms with Crippen LogP contribution >= 0.6 is 23.4 Å². The van der Waals surface area contributed by atoms with Gasteiger partial charge in [-0.3, -0.25) is 0 Å². The van der Waals surface area contributed by atoms with E-state index in [0.717, 1.165) is 17.1 Å². The van der Waals surface area contributed by atoms with Gasteiger partial charge in [0.1, 0.15) is 5.69 Å². The summed E-state index contributed by atoms with van der Waals surface area (Å²) in [7, 11) is 0. The number of nitrogens with one attached hydrogen (secondary N) is 1. The zero-order valence-corrected chi connectivity index (χ0v) is 11.4. The van der Waals surface area contributed by atoms with Gasteiger partial charge < -0.3 is 5.32 Å². The van der Waals surface area contributed by atoms with Gasteiger partial charge in [0.2, 0.25) is 0 Å². The Morgan fingerprint density at radius 1 is 1.39 bits per heavy atom. The fraction of sp³-hybridized carbons (Fsp3) is 0.308. The molecule has 2 heterocycles. The Labute approximate surface area is 116 Å². The third-order valence-corrected chi connectivity index (χ3v) is 4.48. The highest BCUT2D eigenvalue weighted by atomic mass is 35.5. The number of para-hydroxylation sites is 1. The highest BCUT2D eigenvalue weighted by molar-refractivity contribution is 7.99. The van der Waals surface area contributed by atoms with E-state index in [4.69, 9.17) is 11.6 Å². The standard InChI is InChI=1S/C13H14ClN3S/c14-11-3-1-4-12(16-10-5-8-18-9-10)13(11)17-7-2-6-15-17/h1-4,6-7,10,16H,5,8-9H2. The number of hydrogen-bond acceptors (Lipinski definition) is 3. The molecule has 0 radical (unpaired) electrons. The normalized spacial score (nSPS) is 19.1. The minimum atomic E-state index is 0.530. The first-order chi connectivity index (χ1) is 8.84. The maximum Gasteiger partial charge on any atom is 0.106 e. The van der Waals surface area contributed by atoms with Gasteiger partial charge in [-0.1, -0.05) is 17.7 Å². The van der Waals surface area contributed by atoms with Gasteiger partial charge in [0.15, 0.2) is 0 Å². The van der Waals surface area contributed by atoms with Crippen molar-refractivity contribution in [3.63, 3.8) is 0 Å². The Balaban J connectivity index is 1.95. The SMILES string of the molecule is Clc1cccc(NC2CCSC2)c1-n1cccn1. The molecular formula is C13H14ClN3S. The quantitative estimate of drug-likeness (QED) is 0.933. The molecular weight excluding hydrogens is 266 g/mol. The second kappa shape index (κ2) is 5.24. The predicted octanol–water partition coefficient (Wildman–Crippen LogP) is 3.44. The minimum Gasteiger partial charge on any atom is -0.380 e. The summed E-state index contributed by atoms with van der Waals surface area (Å²) in [5.74, 6) is 2.39. The minimum absolute atomic E-state index is 0.530. The molecule has 1 fully saturated rings. The van der Waals surface area contributed by atoms with Crippen molar-refractivity contribution in [2.45, 2.75) is 12.5 Å². The van der Waals surface area contributed by atoms with Crippen LogP contribution in [0.4, 0.5) is 5.69 Å². The highest BCUT2D eigenvalue weighted by Gasteiger charge is 2.18. The summed E-state index contributed by atoms with van der Waals surface area (Å²) >= 11 is 8.29. The number of thioether (sulfide) groups is 1. The predicted molar refractivity (Wildman–Crippen MR) is 77.9 cm³/mol. The molecule has 18 heavy (non-hydrogen) atoms. The van der Waals surface area contributed by atoms with Crippen LogP contribution in [-0.2, 0) is 0 Å². The van der Waals surface area contributed by atoms with Crippen molar-refractivity contribution >= 4 is 29.1 Å². The fourth-order valence-electron chi connectivity index (χ4n) is 2.13. The first-order valence-corrected chi connectivity index (χ1v) is 7.50. The van der Waals surface area contributed by atoms with Gasteiger partial charge in [-0.05, 0) is 30.4 Å². The Bertz CT molecular complexity index is 521. The molecule has 3 rings (SSSR count). The molecule has 1 unspecified atom stereocenters. The summed E-state index contributed by atoms with van der Waals surface area (Å²) in [6, 6.07) is 8.36.